The summed E-state index contributed by atoms with van der Waals surface area (Å²) in [5, 5.41) is 2.94. The zero-order chi connectivity index (χ0) is 12.3. The molecule has 17 heavy (non-hydrogen) atoms. The first-order valence-corrected chi connectivity index (χ1v) is 6.14. The largest absolute Gasteiger partial charge is 0.376 e. The lowest BCUT2D eigenvalue weighted by Crippen LogP contribution is -2.32. The number of aryl methyl sites for hydroxylation is 2. The molecular weight excluding hydrogens is 214 g/mol. The zero-order valence-corrected chi connectivity index (χ0v) is 10.5. The van der Waals surface area contributed by atoms with E-state index in [9.17, 15) is 4.79 Å². The third kappa shape index (κ3) is 3.07. The minimum absolute atomic E-state index is 0.00185. The fourth-order valence-corrected chi connectivity index (χ4v) is 2.18. The molecule has 0 saturated carbocycles. The van der Waals surface area contributed by atoms with Crippen molar-refractivity contribution in [3.8, 4) is 0 Å². The van der Waals surface area contributed by atoms with E-state index >= 15 is 0 Å². The zero-order valence-electron chi connectivity index (χ0n) is 10.5. The number of hydrogen-bond donors (Lipinski definition) is 1. The molecular formula is C14H19NO2. The molecule has 92 valence electrons. The van der Waals surface area contributed by atoms with Crippen molar-refractivity contribution in [3.63, 3.8) is 0 Å². The second-order valence-electron chi connectivity index (χ2n) is 4.66. The molecule has 1 aromatic carbocycles. The lowest BCUT2D eigenvalue weighted by atomic mass is 10.1. The number of hydrogen-bond acceptors (Lipinski definition) is 2. The van der Waals surface area contributed by atoms with Crippen molar-refractivity contribution in [2.24, 2.45) is 0 Å². The average Bonchev–Trinajstić information content (AvgIpc) is 2.78. The van der Waals surface area contributed by atoms with Crippen molar-refractivity contribution < 1.29 is 9.53 Å². The van der Waals surface area contributed by atoms with Crippen LogP contribution in [-0.4, -0.2) is 25.2 Å². The molecule has 1 saturated heterocycles. The summed E-state index contributed by atoms with van der Waals surface area (Å²) < 4.78 is 5.47. The van der Waals surface area contributed by atoms with E-state index in [0.717, 1.165) is 30.6 Å². The fourth-order valence-electron chi connectivity index (χ4n) is 2.18. The summed E-state index contributed by atoms with van der Waals surface area (Å²) in [6, 6.07) is 5.88. The lowest BCUT2D eigenvalue weighted by molar-refractivity contribution is 0.0857. The molecule has 0 bridgehead atoms. The molecule has 1 aromatic rings. The molecule has 3 nitrogen and oxygen atoms in total. The van der Waals surface area contributed by atoms with Gasteiger partial charge in [-0.05, 0) is 38.3 Å². The number of ether oxygens (including phenoxy) is 1. The van der Waals surface area contributed by atoms with Crippen molar-refractivity contribution >= 4 is 5.91 Å². The van der Waals surface area contributed by atoms with Gasteiger partial charge in [-0.3, -0.25) is 4.79 Å². The number of amides is 1. The molecule has 0 unspecified atom stereocenters. The molecule has 1 aliphatic heterocycles. The van der Waals surface area contributed by atoms with Gasteiger partial charge in [0.15, 0.2) is 0 Å². The van der Waals surface area contributed by atoms with Crippen LogP contribution >= 0.6 is 0 Å². The molecule has 1 fully saturated rings. The van der Waals surface area contributed by atoms with Gasteiger partial charge in [0.05, 0.1) is 6.10 Å². The number of carbonyl (C=O) groups is 1. The Kier molecular flexibility index (Phi) is 3.79. The average molecular weight is 233 g/mol. The van der Waals surface area contributed by atoms with E-state index in [1.165, 1.54) is 5.56 Å². The number of benzene rings is 1. The Bertz CT molecular complexity index is 409. The first-order chi connectivity index (χ1) is 8.16. The highest BCUT2D eigenvalue weighted by Gasteiger charge is 2.17. The second-order valence-corrected chi connectivity index (χ2v) is 4.66. The van der Waals surface area contributed by atoms with Crippen LogP contribution in [0.5, 0.6) is 0 Å². The highest BCUT2D eigenvalue weighted by Crippen LogP contribution is 2.12. The second kappa shape index (κ2) is 5.32. The van der Waals surface area contributed by atoms with Gasteiger partial charge >= 0.3 is 0 Å². The van der Waals surface area contributed by atoms with Gasteiger partial charge in [0, 0.05) is 18.7 Å². The van der Waals surface area contributed by atoms with Gasteiger partial charge in [-0.2, -0.15) is 0 Å². The number of carbonyl (C=O) groups excluding carboxylic acids is 1. The van der Waals surface area contributed by atoms with Crippen LogP contribution in [0.1, 0.15) is 34.3 Å². The van der Waals surface area contributed by atoms with E-state index in [0.29, 0.717) is 6.54 Å². The Balaban J connectivity index is 1.94. The molecule has 0 aromatic heterocycles. The molecule has 1 atom stereocenters. The van der Waals surface area contributed by atoms with E-state index in [-0.39, 0.29) is 12.0 Å². The third-order valence-electron chi connectivity index (χ3n) is 3.14. The van der Waals surface area contributed by atoms with Gasteiger partial charge in [0.2, 0.25) is 0 Å². The summed E-state index contributed by atoms with van der Waals surface area (Å²) in [5.74, 6) is -0.00185. The van der Waals surface area contributed by atoms with Gasteiger partial charge in [0.1, 0.15) is 0 Å². The highest BCUT2D eigenvalue weighted by molar-refractivity contribution is 5.95. The molecule has 1 aliphatic rings. The van der Waals surface area contributed by atoms with E-state index in [1.54, 1.807) is 0 Å². The maximum Gasteiger partial charge on any atom is 0.251 e. The van der Waals surface area contributed by atoms with Crippen LogP contribution < -0.4 is 5.32 Å². The van der Waals surface area contributed by atoms with Crippen molar-refractivity contribution in [1.82, 2.24) is 5.32 Å². The van der Waals surface area contributed by atoms with Crippen LogP contribution in [0, 0.1) is 13.8 Å². The minimum atomic E-state index is -0.00185. The predicted molar refractivity (Wildman–Crippen MR) is 67.2 cm³/mol. The number of nitrogens with one attached hydrogen (secondary N) is 1. The van der Waals surface area contributed by atoms with Crippen molar-refractivity contribution in [1.29, 1.82) is 0 Å². The first kappa shape index (κ1) is 12.1. The van der Waals surface area contributed by atoms with Crippen LogP contribution in [0.25, 0.3) is 0 Å². The van der Waals surface area contributed by atoms with Gasteiger partial charge in [-0.15, -0.1) is 0 Å². The van der Waals surface area contributed by atoms with Gasteiger partial charge in [-0.1, -0.05) is 17.7 Å². The lowest BCUT2D eigenvalue weighted by Gasteiger charge is -2.12. The minimum Gasteiger partial charge on any atom is -0.376 e. The van der Waals surface area contributed by atoms with Gasteiger partial charge in [-0.25, -0.2) is 0 Å². The Labute approximate surface area is 102 Å². The van der Waals surface area contributed by atoms with Crippen LogP contribution in [0.15, 0.2) is 18.2 Å². The standard InChI is InChI=1S/C14H19NO2/c1-10-5-6-13(11(2)8-10)14(16)15-9-12-4-3-7-17-12/h5-6,8,12H,3-4,7,9H2,1-2H3,(H,15,16)/t12-/m0/s1. The summed E-state index contributed by atoms with van der Waals surface area (Å²) in [6.07, 6.45) is 2.35. The summed E-state index contributed by atoms with van der Waals surface area (Å²) in [5.41, 5.74) is 2.96. The van der Waals surface area contributed by atoms with E-state index in [1.807, 2.05) is 32.0 Å². The summed E-state index contributed by atoms with van der Waals surface area (Å²) in [4.78, 5) is 12.0. The molecule has 0 spiro atoms. The highest BCUT2D eigenvalue weighted by atomic mass is 16.5. The normalized spacial score (nSPS) is 19.3. The molecule has 1 amide bonds. The summed E-state index contributed by atoms with van der Waals surface area (Å²) in [6.45, 7) is 5.44. The van der Waals surface area contributed by atoms with E-state index < -0.39 is 0 Å². The summed E-state index contributed by atoms with van der Waals surface area (Å²) >= 11 is 0. The SMILES string of the molecule is Cc1ccc(C(=O)NC[C@@H]2CCCO2)c(C)c1. The molecule has 0 radical (unpaired) electrons. The monoisotopic (exact) mass is 233 g/mol. The first-order valence-electron chi connectivity index (χ1n) is 6.14. The maximum atomic E-state index is 12.0. The molecule has 0 aliphatic carbocycles. The fraction of sp³-hybridized carbons (Fsp3) is 0.500. The molecule has 1 N–H and O–H groups in total. The van der Waals surface area contributed by atoms with Gasteiger partial charge in [0.25, 0.3) is 5.91 Å². The molecule has 2 rings (SSSR count). The van der Waals surface area contributed by atoms with Crippen molar-refractivity contribution in [3.05, 3.63) is 34.9 Å². The Morgan fingerprint density at radius 1 is 1.47 bits per heavy atom. The third-order valence-corrected chi connectivity index (χ3v) is 3.14. The van der Waals surface area contributed by atoms with Gasteiger partial charge < -0.3 is 10.1 Å². The Morgan fingerprint density at radius 2 is 2.29 bits per heavy atom. The smallest absolute Gasteiger partial charge is 0.251 e. The van der Waals surface area contributed by atoms with Crippen molar-refractivity contribution in [2.45, 2.75) is 32.8 Å². The predicted octanol–water partition coefficient (Wildman–Crippen LogP) is 2.21. The van der Waals surface area contributed by atoms with Crippen molar-refractivity contribution in [2.75, 3.05) is 13.2 Å². The Morgan fingerprint density at radius 3 is 2.94 bits per heavy atom. The van der Waals surface area contributed by atoms with Crippen LogP contribution in [0.4, 0.5) is 0 Å². The summed E-state index contributed by atoms with van der Waals surface area (Å²) in [7, 11) is 0. The maximum absolute atomic E-state index is 12.0. The van der Waals surface area contributed by atoms with Crippen LogP contribution in [-0.2, 0) is 4.74 Å². The quantitative estimate of drug-likeness (QED) is 0.869. The number of rotatable bonds is 3. The van der Waals surface area contributed by atoms with Crippen LogP contribution in [0.3, 0.4) is 0 Å². The Hall–Kier alpha value is -1.35. The topological polar surface area (TPSA) is 38.3 Å². The molecule has 1 heterocycles. The van der Waals surface area contributed by atoms with Crippen LogP contribution in [0.2, 0.25) is 0 Å². The van der Waals surface area contributed by atoms with E-state index in [4.69, 9.17) is 4.74 Å². The molecule has 3 heteroatoms. The van der Waals surface area contributed by atoms with E-state index in [2.05, 4.69) is 5.32 Å².